The van der Waals surface area contributed by atoms with Crippen molar-refractivity contribution in [1.82, 2.24) is 0 Å². The molecule has 0 unspecified atom stereocenters. The first-order valence-electron chi connectivity index (χ1n) is 9.76. The fraction of sp³-hybridized carbons (Fsp3) is 0.304. The van der Waals surface area contributed by atoms with E-state index in [1.165, 1.54) is 0 Å². The van der Waals surface area contributed by atoms with Gasteiger partial charge >= 0.3 is 5.97 Å². The minimum absolute atomic E-state index is 0.152. The summed E-state index contributed by atoms with van der Waals surface area (Å²) in [4.78, 5) is 24.7. The Balaban J connectivity index is 1.59. The van der Waals surface area contributed by atoms with Crippen molar-refractivity contribution >= 4 is 33.8 Å². The van der Waals surface area contributed by atoms with E-state index in [0.29, 0.717) is 35.0 Å². The number of hydrogen-bond donors (Lipinski definition) is 0. The molecule has 7 nitrogen and oxygen atoms in total. The Kier molecular flexibility index (Phi) is 6.02. The predicted molar refractivity (Wildman–Crippen MR) is 115 cm³/mol. The van der Waals surface area contributed by atoms with Crippen LogP contribution in [0.1, 0.15) is 40.9 Å². The van der Waals surface area contributed by atoms with Crippen molar-refractivity contribution in [2.45, 2.75) is 33.5 Å². The zero-order valence-electron chi connectivity index (χ0n) is 17.3. The summed E-state index contributed by atoms with van der Waals surface area (Å²) >= 11 is 3.48. The first-order valence-corrected chi connectivity index (χ1v) is 10.5. The standard InChI is InChI=1S/C23H21BrO7/c1-12(2)30-20(25)10-28-17-4-13(3)21-18(8-17)31-19(22(21)26)7-14-5-16(24)6-15-9-27-11-29-23(14)15/h4-8,12H,9-11H2,1-3H3/b19-7-. The van der Waals surface area contributed by atoms with Crippen LogP contribution in [0.4, 0.5) is 0 Å². The van der Waals surface area contributed by atoms with Crippen molar-refractivity contribution in [2.24, 2.45) is 0 Å². The molecule has 2 aliphatic heterocycles. The SMILES string of the molecule is Cc1cc(OCC(=O)OC(C)C)cc2c1C(=O)/C(=C/c1cc(Br)cc3c1OCOC3)O2. The number of carbonyl (C=O) groups is 2. The van der Waals surface area contributed by atoms with Gasteiger partial charge in [0.1, 0.15) is 17.2 Å². The number of fused-ring (bicyclic) bond motifs is 2. The summed E-state index contributed by atoms with van der Waals surface area (Å²) in [5, 5.41) is 0. The summed E-state index contributed by atoms with van der Waals surface area (Å²) in [5.41, 5.74) is 2.76. The summed E-state index contributed by atoms with van der Waals surface area (Å²) in [7, 11) is 0. The van der Waals surface area contributed by atoms with Crippen LogP contribution in [0.3, 0.4) is 0 Å². The fourth-order valence-corrected chi connectivity index (χ4v) is 3.98. The van der Waals surface area contributed by atoms with Gasteiger partial charge in [-0.15, -0.1) is 0 Å². The molecule has 0 fully saturated rings. The van der Waals surface area contributed by atoms with Crippen LogP contribution in [-0.2, 0) is 20.9 Å². The third-order valence-electron chi connectivity index (χ3n) is 4.66. The molecule has 2 aliphatic rings. The van der Waals surface area contributed by atoms with Gasteiger partial charge in [-0.1, -0.05) is 15.9 Å². The van der Waals surface area contributed by atoms with Gasteiger partial charge in [-0.25, -0.2) is 4.79 Å². The number of halogens is 1. The number of esters is 1. The van der Waals surface area contributed by atoms with Crippen molar-refractivity contribution in [3.05, 3.63) is 56.8 Å². The topological polar surface area (TPSA) is 80.3 Å². The van der Waals surface area contributed by atoms with E-state index in [9.17, 15) is 9.59 Å². The van der Waals surface area contributed by atoms with Crippen molar-refractivity contribution in [2.75, 3.05) is 13.4 Å². The molecule has 0 aliphatic carbocycles. The predicted octanol–water partition coefficient (Wildman–Crippen LogP) is 4.57. The molecule has 31 heavy (non-hydrogen) atoms. The van der Waals surface area contributed by atoms with Crippen LogP contribution < -0.4 is 14.2 Å². The maximum Gasteiger partial charge on any atom is 0.344 e. The van der Waals surface area contributed by atoms with Crippen LogP contribution in [0.2, 0.25) is 0 Å². The van der Waals surface area contributed by atoms with Gasteiger partial charge in [-0.2, -0.15) is 0 Å². The Morgan fingerprint density at radius 2 is 2.06 bits per heavy atom. The van der Waals surface area contributed by atoms with Crippen molar-refractivity contribution < 1.29 is 33.3 Å². The number of aryl methyl sites for hydroxylation is 1. The van der Waals surface area contributed by atoms with Gasteiger partial charge in [0.25, 0.3) is 0 Å². The van der Waals surface area contributed by atoms with E-state index in [1.54, 1.807) is 39.0 Å². The maximum absolute atomic E-state index is 13.0. The number of ketones is 1. The van der Waals surface area contributed by atoms with Crippen molar-refractivity contribution in [1.29, 1.82) is 0 Å². The van der Waals surface area contributed by atoms with E-state index in [2.05, 4.69) is 15.9 Å². The minimum atomic E-state index is -0.464. The van der Waals surface area contributed by atoms with E-state index in [1.807, 2.05) is 12.1 Å². The average molecular weight is 489 g/mol. The number of carbonyl (C=O) groups excluding carboxylic acids is 2. The van der Waals surface area contributed by atoms with Crippen LogP contribution in [0, 0.1) is 6.92 Å². The van der Waals surface area contributed by atoms with Crippen LogP contribution >= 0.6 is 15.9 Å². The minimum Gasteiger partial charge on any atom is -0.482 e. The molecule has 2 aromatic carbocycles. The summed E-state index contributed by atoms with van der Waals surface area (Å²) in [6.07, 6.45) is 1.45. The largest absolute Gasteiger partial charge is 0.482 e. The van der Waals surface area contributed by atoms with Crippen LogP contribution in [-0.4, -0.2) is 31.3 Å². The fourth-order valence-electron chi connectivity index (χ4n) is 3.46. The Labute approximate surface area is 188 Å². The maximum atomic E-state index is 13.0. The molecule has 162 valence electrons. The molecule has 8 heteroatoms. The molecular weight excluding hydrogens is 468 g/mol. The third-order valence-corrected chi connectivity index (χ3v) is 5.12. The molecule has 0 bridgehead atoms. The molecule has 0 radical (unpaired) electrons. The first-order chi connectivity index (χ1) is 14.8. The summed E-state index contributed by atoms with van der Waals surface area (Å²) in [6.45, 7) is 5.69. The van der Waals surface area contributed by atoms with Crippen LogP contribution in [0.25, 0.3) is 6.08 Å². The molecule has 0 saturated carbocycles. The lowest BCUT2D eigenvalue weighted by Gasteiger charge is -2.20. The molecule has 2 heterocycles. The number of Topliss-reactive ketones (excluding diaryl/α,β-unsaturated/α-hetero) is 1. The van der Waals surface area contributed by atoms with E-state index in [4.69, 9.17) is 23.7 Å². The zero-order chi connectivity index (χ0) is 22.1. The van der Waals surface area contributed by atoms with E-state index in [0.717, 1.165) is 15.6 Å². The number of allylic oxidation sites excluding steroid dienone is 1. The monoisotopic (exact) mass is 488 g/mol. The molecule has 0 saturated heterocycles. The summed E-state index contributed by atoms with van der Waals surface area (Å²) < 4.78 is 28.3. The Morgan fingerprint density at radius 1 is 1.26 bits per heavy atom. The average Bonchev–Trinajstić information content (AvgIpc) is 3.01. The number of ether oxygens (including phenoxy) is 5. The van der Waals surface area contributed by atoms with Gasteiger partial charge in [0, 0.05) is 21.7 Å². The number of rotatable bonds is 5. The van der Waals surface area contributed by atoms with Crippen molar-refractivity contribution in [3.63, 3.8) is 0 Å². The normalized spacial score (nSPS) is 15.9. The van der Waals surface area contributed by atoms with Gasteiger partial charge < -0.3 is 23.7 Å². The highest BCUT2D eigenvalue weighted by molar-refractivity contribution is 9.10. The second-order valence-electron chi connectivity index (χ2n) is 7.47. The molecule has 0 spiro atoms. The molecule has 0 atom stereocenters. The molecule has 0 aromatic heterocycles. The highest BCUT2D eigenvalue weighted by Gasteiger charge is 2.31. The second-order valence-corrected chi connectivity index (χ2v) is 8.39. The quantitative estimate of drug-likeness (QED) is 0.450. The molecule has 0 amide bonds. The lowest BCUT2D eigenvalue weighted by molar-refractivity contribution is -0.149. The van der Waals surface area contributed by atoms with Gasteiger partial charge in [0.05, 0.1) is 18.3 Å². The van der Waals surface area contributed by atoms with E-state index in [-0.39, 0.29) is 31.0 Å². The zero-order valence-corrected chi connectivity index (χ0v) is 18.9. The summed E-state index contributed by atoms with van der Waals surface area (Å²) in [6, 6.07) is 7.08. The summed E-state index contributed by atoms with van der Waals surface area (Å²) in [5.74, 6) is 0.972. The van der Waals surface area contributed by atoms with E-state index < -0.39 is 5.97 Å². The van der Waals surface area contributed by atoms with Gasteiger partial charge in [-0.05, 0) is 50.6 Å². The Hall–Kier alpha value is -2.84. The number of hydrogen-bond acceptors (Lipinski definition) is 7. The van der Waals surface area contributed by atoms with Crippen LogP contribution in [0.15, 0.2) is 34.5 Å². The van der Waals surface area contributed by atoms with Gasteiger partial charge in [-0.3, -0.25) is 4.79 Å². The molecule has 0 N–H and O–H groups in total. The molecular formula is C23H21BrO7. The molecule has 4 rings (SSSR count). The van der Waals surface area contributed by atoms with E-state index >= 15 is 0 Å². The van der Waals surface area contributed by atoms with Gasteiger partial charge in [0.2, 0.25) is 5.78 Å². The Morgan fingerprint density at radius 3 is 2.84 bits per heavy atom. The second kappa shape index (κ2) is 8.72. The third kappa shape index (κ3) is 4.60. The first kappa shape index (κ1) is 21.4. The number of benzene rings is 2. The highest BCUT2D eigenvalue weighted by Crippen LogP contribution is 2.39. The molecule has 2 aromatic rings. The smallest absolute Gasteiger partial charge is 0.344 e. The van der Waals surface area contributed by atoms with Crippen LogP contribution in [0.5, 0.6) is 17.2 Å². The highest BCUT2D eigenvalue weighted by atomic mass is 79.9. The van der Waals surface area contributed by atoms with Gasteiger partial charge in [0.15, 0.2) is 19.2 Å². The van der Waals surface area contributed by atoms with Crippen molar-refractivity contribution in [3.8, 4) is 17.2 Å². The lowest BCUT2D eigenvalue weighted by Crippen LogP contribution is -2.18. The lowest BCUT2D eigenvalue weighted by atomic mass is 10.0. The Bertz CT molecular complexity index is 1090.